The number of fused-ring (bicyclic) bond motifs is 1. The molecule has 2 aliphatic rings. The Bertz CT molecular complexity index is 1090. The molecule has 1 aliphatic heterocycles. The quantitative estimate of drug-likeness (QED) is 0.700. The van der Waals surface area contributed by atoms with E-state index in [1.807, 2.05) is 41.3 Å². The van der Waals surface area contributed by atoms with Gasteiger partial charge in [0, 0.05) is 24.5 Å². The Morgan fingerprint density at radius 3 is 2.57 bits per heavy atom. The van der Waals surface area contributed by atoms with Crippen molar-refractivity contribution in [3.8, 4) is 0 Å². The van der Waals surface area contributed by atoms with Crippen LogP contribution in [0.15, 0.2) is 59.0 Å². The van der Waals surface area contributed by atoms with Crippen molar-refractivity contribution < 1.29 is 18.7 Å². The molecule has 6 nitrogen and oxygen atoms in total. The number of rotatable bonds is 4. The van der Waals surface area contributed by atoms with Crippen LogP contribution in [0, 0.1) is 5.92 Å². The number of hydrogen-bond acceptors (Lipinski definition) is 4. The Labute approximate surface area is 174 Å². The molecule has 0 spiro atoms. The number of carbonyl (C=O) groups excluding carboxylic acids is 2. The van der Waals surface area contributed by atoms with E-state index in [1.54, 1.807) is 18.2 Å². The van der Waals surface area contributed by atoms with E-state index in [9.17, 15) is 9.59 Å². The van der Waals surface area contributed by atoms with E-state index in [0.717, 1.165) is 23.8 Å². The van der Waals surface area contributed by atoms with E-state index in [-0.39, 0.29) is 24.0 Å². The summed E-state index contributed by atoms with van der Waals surface area (Å²) < 4.78 is 12.2. The van der Waals surface area contributed by atoms with E-state index < -0.39 is 0 Å². The Hall–Kier alpha value is -3.12. The summed E-state index contributed by atoms with van der Waals surface area (Å²) in [5.41, 5.74) is 2.39. The molecule has 1 saturated heterocycles. The number of ether oxygens (including phenoxy) is 1. The molecule has 30 heavy (non-hydrogen) atoms. The number of benzene rings is 2. The Balaban J connectivity index is 1.40. The van der Waals surface area contributed by atoms with Crippen LogP contribution in [0.5, 0.6) is 0 Å². The Kier molecular flexibility index (Phi) is 4.79. The van der Waals surface area contributed by atoms with Crippen molar-refractivity contribution in [2.24, 2.45) is 5.92 Å². The lowest BCUT2D eigenvalue weighted by Crippen LogP contribution is -2.47. The number of anilines is 1. The van der Waals surface area contributed by atoms with Crippen molar-refractivity contribution in [2.45, 2.75) is 32.0 Å². The van der Waals surface area contributed by atoms with Crippen LogP contribution in [0.2, 0.25) is 0 Å². The van der Waals surface area contributed by atoms with Crippen molar-refractivity contribution in [1.82, 2.24) is 4.90 Å². The van der Waals surface area contributed by atoms with Gasteiger partial charge in [0.15, 0.2) is 5.76 Å². The molecule has 2 aromatic carbocycles. The zero-order valence-corrected chi connectivity index (χ0v) is 16.8. The number of hydrogen-bond donors (Lipinski definition) is 1. The third-order valence-corrected chi connectivity index (χ3v) is 5.78. The molecule has 2 atom stereocenters. The van der Waals surface area contributed by atoms with E-state index in [2.05, 4.69) is 5.32 Å². The van der Waals surface area contributed by atoms with E-state index in [0.29, 0.717) is 36.0 Å². The fourth-order valence-corrected chi connectivity index (χ4v) is 4.12. The molecule has 6 heteroatoms. The summed E-state index contributed by atoms with van der Waals surface area (Å²) in [4.78, 5) is 26.5. The first-order valence-corrected chi connectivity index (χ1v) is 10.4. The lowest BCUT2D eigenvalue weighted by molar-refractivity contribution is -0.114. The highest BCUT2D eigenvalue weighted by molar-refractivity contribution is 5.98. The standard InChI is InChI=1S/C24H24N2O4/c1-15(27)25-19-9-10-20-18(11-19)12-21(29-20)24(28)26-13-22(16-5-3-2-4-6-16)30-23(14-26)17-7-8-17/h2-6,9-12,17,22-23H,7-8,13-14H2,1H3,(H,25,27)/t22-,23+/m0/s1. The van der Waals surface area contributed by atoms with Crippen molar-refractivity contribution in [2.75, 3.05) is 18.4 Å². The molecule has 2 heterocycles. The van der Waals surface area contributed by atoms with Crippen LogP contribution in [-0.4, -0.2) is 35.9 Å². The fourth-order valence-electron chi connectivity index (χ4n) is 4.12. The van der Waals surface area contributed by atoms with Gasteiger partial charge >= 0.3 is 0 Å². The second kappa shape index (κ2) is 7.61. The number of nitrogens with one attached hydrogen (secondary N) is 1. The number of carbonyl (C=O) groups is 2. The van der Waals surface area contributed by atoms with Gasteiger partial charge in [0.1, 0.15) is 11.7 Å². The third kappa shape index (κ3) is 3.83. The molecule has 0 unspecified atom stereocenters. The van der Waals surface area contributed by atoms with Crippen LogP contribution in [-0.2, 0) is 9.53 Å². The van der Waals surface area contributed by atoms with Crippen molar-refractivity contribution >= 4 is 28.5 Å². The van der Waals surface area contributed by atoms with Gasteiger partial charge in [-0.15, -0.1) is 0 Å². The molecule has 2 fully saturated rings. The molecule has 1 aromatic heterocycles. The second-order valence-electron chi connectivity index (χ2n) is 8.17. The van der Waals surface area contributed by atoms with Crippen LogP contribution < -0.4 is 5.32 Å². The minimum atomic E-state index is -0.138. The predicted octanol–water partition coefficient (Wildman–Crippen LogP) is 4.38. The smallest absolute Gasteiger partial charge is 0.289 e. The lowest BCUT2D eigenvalue weighted by Gasteiger charge is -2.38. The summed E-state index contributed by atoms with van der Waals surface area (Å²) in [5, 5.41) is 3.54. The lowest BCUT2D eigenvalue weighted by atomic mass is 10.0. The largest absolute Gasteiger partial charge is 0.451 e. The maximum absolute atomic E-state index is 13.3. The number of furan rings is 1. The summed E-state index contributed by atoms with van der Waals surface area (Å²) in [7, 11) is 0. The summed E-state index contributed by atoms with van der Waals surface area (Å²) in [6.45, 7) is 2.55. The summed E-state index contributed by atoms with van der Waals surface area (Å²) in [5.74, 6) is 0.582. The van der Waals surface area contributed by atoms with Crippen molar-refractivity contribution in [1.29, 1.82) is 0 Å². The zero-order valence-electron chi connectivity index (χ0n) is 16.8. The molecule has 2 amide bonds. The van der Waals surface area contributed by atoms with Crippen LogP contribution >= 0.6 is 0 Å². The van der Waals surface area contributed by atoms with Crippen molar-refractivity contribution in [3.63, 3.8) is 0 Å². The molecule has 0 bridgehead atoms. The third-order valence-electron chi connectivity index (χ3n) is 5.78. The molecule has 3 aromatic rings. The van der Waals surface area contributed by atoms with Gasteiger partial charge in [-0.2, -0.15) is 0 Å². The monoisotopic (exact) mass is 404 g/mol. The van der Waals surface area contributed by atoms with Crippen LogP contribution in [0.3, 0.4) is 0 Å². The first-order chi connectivity index (χ1) is 14.6. The number of amides is 2. The fraction of sp³-hybridized carbons (Fsp3) is 0.333. The second-order valence-corrected chi connectivity index (χ2v) is 8.17. The van der Waals surface area contributed by atoms with Gasteiger partial charge in [-0.1, -0.05) is 30.3 Å². The first kappa shape index (κ1) is 18.9. The van der Waals surface area contributed by atoms with Crippen molar-refractivity contribution in [3.05, 3.63) is 65.9 Å². The van der Waals surface area contributed by atoms with E-state index in [4.69, 9.17) is 9.15 Å². The highest BCUT2D eigenvalue weighted by Gasteiger charge is 2.40. The summed E-state index contributed by atoms with van der Waals surface area (Å²) in [6, 6.07) is 17.2. The molecular weight excluding hydrogens is 380 g/mol. The Morgan fingerprint density at radius 1 is 1.03 bits per heavy atom. The molecule has 1 saturated carbocycles. The molecule has 5 rings (SSSR count). The van der Waals surface area contributed by atoms with Gasteiger partial charge in [0.25, 0.3) is 5.91 Å². The SMILES string of the molecule is CC(=O)Nc1ccc2oc(C(=O)N3C[C@@H](c4ccccc4)O[C@@H](C4CC4)C3)cc2c1. The van der Waals surface area contributed by atoms with Gasteiger partial charge in [-0.05, 0) is 48.6 Å². The maximum atomic E-state index is 13.3. The van der Waals surface area contributed by atoms with Gasteiger partial charge < -0.3 is 19.4 Å². The van der Waals surface area contributed by atoms with Crippen LogP contribution in [0.1, 0.15) is 42.0 Å². The first-order valence-electron chi connectivity index (χ1n) is 10.4. The number of morpholine rings is 1. The zero-order chi connectivity index (χ0) is 20.7. The minimum absolute atomic E-state index is 0.0589. The normalized spacial score (nSPS) is 21.6. The molecule has 1 N–H and O–H groups in total. The van der Waals surface area contributed by atoms with Crippen LogP contribution in [0.25, 0.3) is 11.0 Å². The van der Waals surface area contributed by atoms with Gasteiger partial charge in [0.2, 0.25) is 5.91 Å². The molecular formula is C24H24N2O4. The minimum Gasteiger partial charge on any atom is -0.451 e. The number of nitrogens with zero attached hydrogens (tertiary/aromatic N) is 1. The predicted molar refractivity (Wildman–Crippen MR) is 113 cm³/mol. The van der Waals surface area contributed by atoms with E-state index in [1.165, 1.54) is 6.92 Å². The highest BCUT2D eigenvalue weighted by Crippen LogP contribution is 2.40. The van der Waals surface area contributed by atoms with Crippen LogP contribution in [0.4, 0.5) is 5.69 Å². The average molecular weight is 404 g/mol. The molecule has 154 valence electrons. The van der Waals surface area contributed by atoms with Gasteiger partial charge in [-0.3, -0.25) is 9.59 Å². The highest BCUT2D eigenvalue weighted by atomic mass is 16.5. The van der Waals surface area contributed by atoms with Gasteiger partial charge in [-0.25, -0.2) is 0 Å². The Morgan fingerprint density at radius 2 is 1.83 bits per heavy atom. The topological polar surface area (TPSA) is 71.8 Å². The maximum Gasteiger partial charge on any atom is 0.289 e. The summed E-state index contributed by atoms with van der Waals surface area (Å²) >= 11 is 0. The average Bonchev–Trinajstić information content (AvgIpc) is 3.52. The van der Waals surface area contributed by atoms with E-state index >= 15 is 0 Å². The van der Waals surface area contributed by atoms with Gasteiger partial charge in [0.05, 0.1) is 12.6 Å². The molecule has 0 radical (unpaired) electrons. The molecule has 1 aliphatic carbocycles. The summed E-state index contributed by atoms with van der Waals surface area (Å²) in [6.07, 6.45) is 2.24.